The molecule has 20 heavy (non-hydrogen) atoms. The molecule has 0 bridgehead atoms. The summed E-state index contributed by atoms with van der Waals surface area (Å²) in [5, 5.41) is 0. The molecule has 0 unspecified atom stereocenters. The van der Waals surface area contributed by atoms with E-state index in [2.05, 4.69) is 51.3 Å². The highest BCUT2D eigenvalue weighted by Gasteiger charge is 2.20. The molecule has 2 aliphatic heterocycles. The van der Waals surface area contributed by atoms with E-state index in [1.165, 1.54) is 28.1 Å². The van der Waals surface area contributed by atoms with Gasteiger partial charge in [-0.1, -0.05) is 0 Å². The van der Waals surface area contributed by atoms with E-state index in [-0.39, 0.29) is 0 Å². The number of nitrogens with zero attached hydrogens (tertiary/aromatic N) is 3. The number of aromatic nitrogens is 2. The fourth-order valence-electron chi connectivity index (χ4n) is 3.36. The van der Waals surface area contributed by atoms with Gasteiger partial charge in [0.1, 0.15) is 0 Å². The van der Waals surface area contributed by atoms with Crippen molar-refractivity contribution in [3.05, 3.63) is 52.6 Å². The Morgan fingerprint density at radius 3 is 3.15 bits per heavy atom. The van der Waals surface area contributed by atoms with Crippen LogP contribution < -0.4 is 0 Å². The number of rotatable bonds is 2. The highest BCUT2D eigenvalue weighted by Crippen LogP contribution is 2.23. The van der Waals surface area contributed by atoms with Gasteiger partial charge in [-0.15, -0.1) is 0 Å². The van der Waals surface area contributed by atoms with Crippen LogP contribution in [0.3, 0.4) is 0 Å². The van der Waals surface area contributed by atoms with Crippen molar-refractivity contribution in [1.29, 1.82) is 0 Å². The summed E-state index contributed by atoms with van der Waals surface area (Å²) >= 11 is 0. The Morgan fingerprint density at radius 2 is 2.20 bits per heavy atom. The third-order valence-corrected chi connectivity index (χ3v) is 4.38. The molecule has 2 aliphatic rings. The maximum atomic E-state index is 4.63. The largest absolute Gasteiger partial charge is 0.365 e. The normalized spacial score (nSPS) is 19.1. The first kappa shape index (κ1) is 12.1. The molecule has 0 aliphatic carbocycles. The summed E-state index contributed by atoms with van der Waals surface area (Å²) in [4.78, 5) is 12.8. The number of pyridine rings is 1. The molecule has 0 spiro atoms. The first-order valence-corrected chi connectivity index (χ1v) is 7.30. The molecule has 104 valence electrons. The van der Waals surface area contributed by atoms with Crippen molar-refractivity contribution in [2.75, 3.05) is 13.6 Å². The van der Waals surface area contributed by atoms with Crippen LogP contribution in [0, 0.1) is 0 Å². The second kappa shape index (κ2) is 4.72. The van der Waals surface area contributed by atoms with Crippen LogP contribution in [0.4, 0.5) is 0 Å². The summed E-state index contributed by atoms with van der Waals surface area (Å²) in [7, 11) is 2.15. The van der Waals surface area contributed by atoms with Gasteiger partial charge in [-0.25, -0.2) is 0 Å². The van der Waals surface area contributed by atoms with Crippen molar-refractivity contribution in [3.8, 4) is 0 Å². The second-order valence-electron chi connectivity index (χ2n) is 6.06. The lowest BCUT2D eigenvalue weighted by Gasteiger charge is -2.26. The number of nitrogens with one attached hydrogen (secondary N) is 1. The molecule has 4 nitrogen and oxygen atoms in total. The molecule has 0 aromatic carbocycles. The molecule has 2 aromatic heterocycles. The molecular weight excluding hydrogens is 248 g/mol. The number of hydrogen-bond acceptors (Lipinski definition) is 3. The van der Waals surface area contributed by atoms with Crippen LogP contribution in [0.5, 0.6) is 0 Å². The third kappa shape index (κ3) is 2.15. The van der Waals surface area contributed by atoms with Crippen LogP contribution >= 0.6 is 0 Å². The quantitative estimate of drug-likeness (QED) is 0.903. The zero-order valence-electron chi connectivity index (χ0n) is 11.9. The van der Waals surface area contributed by atoms with E-state index >= 15 is 0 Å². The van der Waals surface area contributed by atoms with Gasteiger partial charge < -0.3 is 4.98 Å². The van der Waals surface area contributed by atoms with Crippen LogP contribution in [0.15, 0.2) is 24.5 Å². The highest BCUT2D eigenvalue weighted by atomic mass is 15.1. The number of aromatic amines is 1. The molecule has 0 saturated carbocycles. The van der Waals surface area contributed by atoms with E-state index in [9.17, 15) is 0 Å². The van der Waals surface area contributed by atoms with E-state index < -0.39 is 0 Å². The van der Waals surface area contributed by atoms with Gasteiger partial charge in [0.25, 0.3) is 0 Å². The van der Waals surface area contributed by atoms with Crippen LogP contribution in [0.1, 0.15) is 28.1 Å². The topological polar surface area (TPSA) is 35.2 Å². The molecule has 0 fully saturated rings. The average Bonchev–Trinajstić information content (AvgIpc) is 3.02. The summed E-state index contributed by atoms with van der Waals surface area (Å²) in [6.07, 6.45) is 5.25. The van der Waals surface area contributed by atoms with Gasteiger partial charge in [-0.2, -0.15) is 0 Å². The van der Waals surface area contributed by atoms with Gasteiger partial charge in [0.15, 0.2) is 0 Å². The summed E-state index contributed by atoms with van der Waals surface area (Å²) < 4.78 is 0. The van der Waals surface area contributed by atoms with Gasteiger partial charge >= 0.3 is 0 Å². The van der Waals surface area contributed by atoms with E-state index in [0.29, 0.717) is 0 Å². The van der Waals surface area contributed by atoms with Crippen molar-refractivity contribution >= 4 is 0 Å². The van der Waals surface area contributed by atoms with Gasteiger partial charge in [0.2, 0.25) is 0 Å². The molecule has 0 saturated heterocycles. The first-order valence-electron chi connectivity index (χ1n) is 7.30. The Bertz CT molecular complexity index is 631. The molecule has 4 rings (SSSR count). The predicted octanol–water partition coefficient (Wildman–Crippen LogP) is 1.91. The molecular formula is C16H20N4. The minimum absolute atomic E-state index is 0.992. The molecule has 0 radical (unpaired) electrons. The van der Waals surface area contributed by atoms with Gasteiger partial charge in [-0.05, 0) is 35.9 Å². The molecule has 0 atom stereocenters. The standard InChI is InChI=1S/C16H20N4/c1-19-9-14-6-12(7-18-16(14)11-19)8-20-5-3-15-13(10-20)2-4-17-15/h2,4,6-7,17H,3,5,8-11H2,1H3. The monoisotopic (exact) mass is 268 g/mol. The van der Waals surface area contributed by atoms with Gasteiger partial charge in [0.05, 0.1) is 5.69 Å². The van der Waals surface area contributed by atoms with Crippen molar-refractivity contribution in [1.82, 2.24) is 19.8 Å². The Kier molecular flexibility index (Phi) is 2.86. The Labute approximate surface area is 119 Å². The second-order valence-corrected chi connectivity index (χ2v) is 6.06. The lowest BCUT2D eigenvalue weighted by Crippen LogP contribution is -2.29. The SMILES string of the molecule is CN1Cc2cc(CN3CCc4[nH]ccc4C3)cnc2C1. The van der Waals surface area contributed by atoms with Crippen molar-refractivity contribution < 1.29 is 0 Å². The smallest absolute Gasteiger partial charge is 0.0589 e. The Hall–Kier alpha value is -1.65. The first-order chi connectivity index (χ1) is 9.78. The van der Waals surface area contributed by atoms with Crippen molar-refractivity contribution in [3.63, 3.8) is 0 Å². The van der Waals surface area contributed by atoms with Crippen LogP contribution in [0.2, 0.25) is 0 Å². The van der Waals surface area contributed by atoms with E-state index in [0.717, 1.165) is 39.1 Å². The van der Waals surface area contributed by atoms with Crippen molar-refractivity contribution in [2.45, 2.75) is 32.6 Å². The molecule has 0 amide bonds. The number of H-pyrrole nitrogens is 1. The van der Waals surface area contributed by atoms with Gasteiger partial charge in [-0.3, -0.25) is 14.8 Å². The average molecular weight is 268 g/mol. The zero-order valence-corrected chi connectivity index (χ0v) is 11.9. The highest BCUT2D eigenvalue weighted by molar-refractivity contribution is 5.29. The predicted molar refractivity (Wildman–Crippen MR) is 78.0 cm³/mol. The fraction of sp³-hybridized carbons (Fsp3) is 0.438. The third-order valence-electron chi connectivity index (χ3n) is 4.38. The van der Waals surface area contributed by atoms with E-state index in [4.69, 9.17) is 0 Å². The maximum absolute atomic E-state index is 4.63. The molecule has 2 aromatic rings. The minimum atomic E-state index is 0.992. The molecule has 4 heterocycles. The van der Waals surface area contributed by atoms with Crippen molar-refractivity contribution in [2.24, 2.45) is 0 Å². The van der Waals surface area contributed by atoms with Crippen LogP contribution in [0.25, 0.3) is 0 Å². The summed E-state index contributed by atoms with van der Waals surface area (Å²) in [5.74, 6) is 0. The summed E-state index contributed by atoms with van der Waals surface area (Å²) in [6.45, 7) is 5.22. The van der Waals surface area contributed by atoms with Crippen LogP contribution in [-0.4, -0.2) is 33.4 Å². The summed E-state index contributed by atoms with van der Waals surface area (Å²) in [5.41, 5.74) is 6.87. The lowest BCUT2D eigenvalue weighted by molar-refractivity contribution is 0.244. The minimum Gasteiger partial charge on any atom is -0.365 e. The zero-order chi connectivity index (χ0) is 13.5. The Morgan fingerprint density at radius 1 is 1.25 bits per heavy atom. The van der Waals surface area contributed by atoms with E-state index in [1.807, 2.05) is 0 Å². The maximum Gasteiger partial charge on any atom is 0.0589 e. The molecule has 4 heteroatoms. The fourth-order valence-corrected chi connectivity index (χ4v) is 3.36. The summed E-state index contributed by atoms with van der Waals surface area (Å²) in [6, 6.07) is 4.55. The van der Waals surface area contributed by atoms with E-state index in [1.54, 1.807) is 0 Å². The lowest BCUT2D eigenvalue weighted by atomic mass is 10.1. The Balaban J connectivity index is 1.49. The number of fused-ring (bicyclic) bond motifs is 2. The number of hydrogen-bond donors (Lipinski definition) is 1. The van der Waals surface area contributed by atoms with Gasteiger partial charge in [0, 0.05) is 57.2 Å². The molecule has 1 N–H and O–H groups in total. The van der Waals surface area contributed by atoms with Crippen LogP contribution in [-0.2, 0) is 32.6 Å².